The van der Waals surface area contributed by atoms with E-state index in [-0.39, 0.29) is 12.0 Å². The molecule has 1 atom stereocenters. The van der Waals surface area contributed by atoms with Gasteiger partial charge in [0.1, 0.15) is 0 Å². The average Bonchev–Trinajstić information content (AvgIpc) is 2.36. The molecular formula is C13H19ClN2O2. The van der Waals surface area contributed by atoms with E-state index in [2.05, 4.69) is 5.32 Å². The second-order valence-electron chi connectivity index (χ2n) is 4.03. The normalized spacial score (nSPS) is 12.2. The Bertz CT molecular complexity index is 381. The Balaban J connectivity index is 2.27. The van der Waals surface area contributed by atoms with Gasteiger partial charge in [0.15, 0.2) is 0 Å². The number of carbonyl (C=O) groups is 1. The first kappa shape index (κ1) is 15.0. The number of amides is 1. The highest BCUT2D eigenvalue weighted by atomic mass is 35.5. The van der Waals surface area contributed by atoms with E-state index in [1.165, 1.54) is 0 Å². The molecule has 4 nitrogen and oxygen atoms in total. The molecule has 5 heteroatoms. The molecule has 0 saturated carbocycles. The molecule has 100 valence electrons. The number of hydrogen-bond acceptors (Lipinski definition) is 3. The molecule has 0 aliphatic carbocycles. The summed E-state index contributed by atoms with van der Waals surface area (Å²) in [5.74, 6) is -0.0469. The minimum atomic E-state index is -0.212. The third-order valence-electron chi connectivity index (χ3n) is 2.63. The van der Waals surface area contributed by atoms with Gasteiger partial charge < -0.3 is 15.8 Å². The summed E-state index contributed by atoms with van der Waals surface area (Å²) in [4.78, 5) is 11.6. The molecule has 1 unspecified atom stereocenters. The van der Waals surface area contributed by atoms with Crippen LogP contribution in [0.1, 0.15) is 12.0 Å². The Hall–Kier alpha value is -1.10. The number of nitrogens with two attached hydrogens (primary N) is 1. The second kappa shape index (κ2) is 8.08. The summed E-state index contributed by atoms with van der Waals surface area (Å²) in [5.41, 5.74) is 6.55. The van der Waals surface area contributed by atoms with Crippen LogP contribution in [0.2, 0.25) is 5.02 Å². The van der Waals surface area contributed by atoms with Gasteiger partial charge >= 0.3 is 0 Å². The van der Waals surface area contributed by atoms with Crippen molar-refractivity contribution >= 4 is 17.5 Å². The third-order valence-corrected chi connectivity index (χ3v) is 2.87. The van der Waals surface area contributed by atoms with Crippen LogP contribution in [-0.4, -0.2) is 32.2 Å². The number of hydrogen-bond donors (Lipinski definition) is 2. The van der Waals surface area contributed by atoms with Gasteiger partial charge in [0, 0.05) is 25.2 Å². The molecule has 0 aliphatic rings. The maximum atomic E-state index is 11.6. The largest absolute Gasteiger partial charge is 0.380 e. The Labute approximate surface area is 112 Å². The molecule has 0 bridgehead atoms. The van der Waals surface area contributed by atoms with Crippen LogP contribution in [0.25, 0.3) is 0 Å². The zero-order chi connectivity index (χ0) is 13.4. The summed E-state index contributed by atoms with van der Waals surface area (Å²) in [5, 5.41) is 3.54. The van der Waals surface area contributed by atoms with Gasteiger partial charge in [-0.2, -0.15) is 0 Å². The van der Waals surface area contributed by atoms with Crippen molar-refractivity contribution in [2.24, 2.45) is 5.73 Å². The summed E-state index contributed by atoms with van der Waals surface area (Å²) in [6.07, 6.45) is 0.839. The number of methoxy groups -OCH3 is 1. The van der Waals surface area contributed by atoms with Crippen LogP contribution in [0.4, 0.5) is 0 Å². The van der Waals surface area contributed by atoms with E-state index in [4.69, 9.17) is 22.1 Å². The molecule has 0 aromatic heterocycles. The van der Waals surface area contributed by atoms with Crippen molar-refractivity contribution in [1.29, 1.82) is 0 Å². The number of nitrogens with one attached hydrogen (secondary N) is 1. The van der Waals surface area contributed by atoms with E-state index in [1.807, 2.05) is 24.3 Å². The molecule has 1 amide bonds. The number of ether oxygens (including phenoxy) is 1. The molecule has 0 saturated heterocycles. The first-order chi connectivity index (χ1) is 8.65. The van der Waals surface area contributed by atoms with Crippen molar-refractivity contribution in [3.8, 4) is 0 Å². The number of halogens is 1. The molecule has 0 aliphatic heterocycles. The lowest BCUT2D eigenvalue weighted by atomic mass is 10.1. The standard InChI is InChI=1S/C13H19ClN2O2/c1-18-12(9-15)8-13(17)16-6-5-10-3-2-4-11(14)7-10/h2-4,7,12H,5-6,8-9,15H2,1H3,(H,16,17). The highest BCUT2D eigenvalue weighted by molar-refractivity contribution is 6.30. The number of carbonyl (C=O) groups excluding carboxylic acids is 1. The van der Waals surface area contributed by atoms with E-state index >= 15 is 0 Å². The maximum Gasteiger partial charge on any atom is 0.222 e. The Morgan fingerprint density at radius 1 is 1.56 bits per heavy atom. The van der Waals surface area contributed by atoms with Crippen LogP contribution in [0.5, 0.6) is 0 Å². The number of benzene rings is 1. The predicted molar refractivity (Wildman–Crippen MR) is 72.6 cm³/mol. The van der Waals surface area contributed by atoms with Gasteiger partial charge in [0.25, 0.3) is 0 Å². The lowest BCUT2D eigenvalue weighted by Crippen LogP contribution is -2.33. The minimum absolute atomic E-state index is 0.0469. The smallest absolute Gasteiger partial charge is 0.222 e. The summed E-state index contributed by atoms with van der Waals surface area (Å²) in [7, 11) is 1.55. The van der Waals surface area contributed by atoms with Gasteiger partial charge in [-0.15, -0.1) is 0 Å². The van der Waals surface area contributed by atoms with Gasteiger partial charge in [-0.1, -0.05) is 23.7 Å². The maximum absolute atomic E-state index is 11.6. The zero-order valence-electron chi connectivity index (χ0n) is 10.5. The molecule has 18 heavy (non-hydrogen) atoms. The van der Waals surface area contributed by atoms with Crippen LogP contribution in [0, 0.1) is 0 Å². The average molecular weight is 271 g/mol. The molecule has 0 fully saturated rings. The quantitative estimate of drug-likeness (QED) is 0.786. The van der Waals surface area contributed by atoms with Crippen molar-refractivity contribution < 1.29 is 9.53 Å². The summed E-state index contributed by atoms with van der Waals surface area (Å²) >= 11 is 5.87. The molecular weight excluding hydrogens is 252 g/mol. The van der Waals surface area contributed by atoms with Crippen LogP contribution in [0.15, 0.2) is 24.3 Å². The topological polar surface area (TPSA) is 64.3 Å². The van der Waals surface area contributed by atoms with Gasteiger partial charge in [-0.05, 0) is 24.1 Å². The van der Waals surface area contributed by atoms with Crippen molar-refractivity contribution in [3.05, 3.63) is 34.9 Å². The zero-order valence-corrected chi connectivity index (χ0v) is 11.2. The van der Waals surface area contributed by atoms with Crippen LogP contribution < -0.4 is 11.1 Å². The molecule has 1 aromatic carbocycles. The minimum Gasteiger partial charge on any atom is -0.380 e. The fourth-order valence-corrected chi connectivity index (χ4v) is 1.79. The van der Waals surface area contributed by atoms with Crippen LogP contribution in [-0.2, 0) is 16.0 Å². The molecule has 1 rings (SSSR count). The van der Waals surface area contributed by atoms with E-state index in [0.29, 0.717) is 24.5 Å². The fraction of sp³-hybridized carbons (Fsp3) is 0.462. The van der Waals surface area contributed by atoms with Crippen LogP contribution in [0.3, 0.4) is 0 Å². The molecule has 0 heterocycles. The highest BCUT2D eigenvalue weighted by Gasteiger charge is 2.10. The second-order valence-corrected chi connectivity index (χ2v) is 4.46. The van der Waals surface area contributed by atoms with E-state index in [1.54, 1.807) is 7.11 Å². The predicted octanol–water partition coefficient (Wildman–Crippen LogP) is 1.36. The van der Waals surface area contributed by atoms with Crippen molar-refractivity contribution in [3.63, 3.8) is 0 Å². The SMILES string of the molecule is COC(CN)CC(=O)NCCc1cccc(Cl)c1. The number of rotatable bonds is 7. The highest BCUT2D eigenvalue weighted by Crippen LogP contribution is 2.10. The van der Waals surface area contributed by atoms with Gasteiger partial charge in [0.2, 0.25) is 5.91 Å². The lowest BCUT2D eigenvalue weighted by molar-refractivity contribution is -0.123. The van der Waals surface area contributed by atoms with Crippen molar-refractivity contribution in [1.82, 2.24) is 5.32 Å². The summed E-state index contributed by atoms with van der Waals surface area (Å²) < 4.78 is 5.05. The molecule has 1 aromatic rings. The fourth-order valence-electron chi connectivity index (χ4n) is 1.58. The molecule has 3 N–H and O–H groups in total. The monoisotopic (exact) mass is 270 g/mol. The Morgan fingerprint density at radius 2 is 2.33 bits per heavy atom. The van der Waals surface area contributed by atoms with Gasteiger partial charge in [-0.3, -0.25) is 4.79 Å². The first-order valence-corrected chi connectivity index (χ1v) is 6.27. The van der Waals surface area contributed by atoms with Crippen molar-refractivity contribution in [2.45, 2.75) is 18.9 Å². The Morgan fingerprint density at radius 3 is 2.94 bits per heavy atom. The van der Waals surface area contributed by atoms with Gasteiger partial charge in [-0.25, -0.2) is 0 Å². The first-order valence-electron chi connectivity index (χ1n) is 5.89. The molecule has 0 spiro atoms. The van der Waals surface area contributed by atoms with Gasteiger partial charge in [0.05, 0.1) is 12.5 Å². The van der Waals surface area contributed by atoms with Crippen LogP contribution >= 0.6 is 11.6 Å². The van der Waals surface area contributed by atoms with E-state index in [0.717, 1.165) is 12.0 Å². The lowest BCUT2D eigenvalue weighted by Gasteiger charge is -2.12. The van der Waals surface area contributed by atoms with E-state index in [9.17, 15) is 4.79 Å². The summed E-state index contributed by atoms with van der Waals surface area (Å²) in [6, 6.07) is 7.60. The molecule has 0 radical (unpaired) electrons. The van der Waals surface area contributed by atoms with E-state index < -0.39 is 0 Å². The Kier molecular flexibility index (Phi) is 6.72. The summed E-state index contributed by atoms with van der Waals surface area (Å²) in [6.45, 7) is 0.929. The van der Waals surface area contributed by atoms with Crippen molar-refractivity contribution in [2.75, 3.05) is 20.2 Å². The third kappa shape index (κ3) is 5.49.